The van der Waals surface area contributed by atoms with Gasteiger partial charge in [0.25, 0.3) is 41.4 Å². The van der Waals surface area contributed by atoms with Crippen LogP contribution in [0.5, 0.6) is 0 Å². The van der Waals surface area contributed by atoms with Gasteiger partial charge >= 0.3 is 18.0 Å². The van der Waals surface area contributed by atoms with Crippen molar-refractivity contribution in [3.05, 3.63) is 214 Å². The Kier molecular flexibility index (Phi) is 42.7. The molecule has 37 heteroatoms. The fraction of sp³-hybridized carbons (Fsp3) is 0.452. The van der Waals surface area contributed by atoms with Crippen molar-refractivity contribution in [2.45, 2.75) is 149 Å². The van der Waals surface area contributed by atoms with Crippen LogP contribution in [-0.4, -0.2) is 259 Å². The molecule has 6 aromatic carbocycles. The van der Waals surface area contributed by atoms with Gasteiger partial charge in [0.15, 0.2) is 5.78 Å². The Morgan fingerprint density at radius 1 is 0.454 bits per heavy atom. The second-order valence-electron chi connectivity index (χ2n) is 32.6. The van der Waals surface area contributed by atoms with Gasteiger partial charge in [0, 0.05) is 69.4 Å². The quantitative estimate of drug-likeness (QED) is 0.0112. The van der Waals surface area contributed by atoms with Gasteiger partial charge in [-0.05, 0) is 128 Å². The fourth-order valence-corrected chi connectivity index (χ4v) is 14.1. The van der Waals surface area contributed by atoms with E-state index in [9.17, 15) is 57.5 Å². The molecule has 13 N–H and O–H groups in total. The van der Waals surface area contributed by atoms with E-state index in [-0.39, 0.29) is 94.1 Å². The van der Waals surface area contributed by atoms with E-state index < -0.39 is 140 Å². The molecule has 6 aromatic rings. The van der Waals surface area contributed by atoms with Gasteiger partial charge in [-0.3, -0.25) is 95.3 Å². The number of carbonyl (C=O) groups excluding carboxylic acids is 15. The average Bonchev–Trinajstić information content (AvgIpc) is 0.845. The molecule has 2 heterocycles. The maximum absolute atomic E-state index is 15.4. The lowest BCUT2D eigenvalue weighted by Crippen LogP contribution is -2.61. The number of benzene rings is 6. The number of unbranched alkanes of at least 4 members (excludes halogenated alkanes) is 3. The molecule has 130 heavy (non-hydrogen) atoms. The summed E-state index contributed by atoms with van der Waals surface area (Å²) >= 11 is 0. The maximum Gasteiger partial charge on any atom is 0.339 e. The molecule has 2 saturated heterocycles. The normalized spacial score (nSPS) is 13.5. The molecule has 0 aromatic heterocycles. The number of nitrogens with one attached hydrogen (secondary N) is 11. The van der Waals surface area contributed by atoms with Gasteiger partial charge in [0.2, 0.25) is 23.6 Å². The molecular weight excluding hydrogens is 1670 g/mol. The van der Waals surface area contributed by atoms with Crippen LogP contribution in [0.25, 0.3) is 0 Å². The number of morpholine rings is 2. The molecule has 1 radical (unpaired) electrons. The number of urea groups is 2. The van der Waals surface area contributed by atoms with Crippen LogP contribution in [0.3, 0.4) is 0 Å². The largest absolute Gasteiger partial charge is 0.459 e. The van der Waals surface area contributed by atoms with Crippen molar-refractivity contribution in [2.75, 3.05) is 112 Å². The number of nitrogens with zero attached hydrogens (tertiary/aromatic N) is 7. The first-order valence-corrected chi connectivity index (χ1v) is 44.1. The summed E-state index contributed by atoms with van der Waals surface area (Å²) in [5.41, 5.74) is 36.3. The van der Waals surface area contributed by atoms with Crippen molar-refractivity contribution >= 4 is 88.8 Å². The lowest BCUT2D eigenvalue weighted by atomic mass is 9.92. The number of ketones is 1. The summed E-state index contributed by atoms with van der Waals surface area (Å²) in [7, 11) is 0. The Bertz CT molecular complexity index is 4750. The van der Waals surface area contributed by atoms with Crippen LogP contribution >= 0.6 is 0 Å². The smallest absolute Gasteiger partial charge is 0.339 e. The third-order valence-corrected chi connectivity index (χ3v) is 21.0. The zero-order valence-electron chi connectivity index (χ0n) is 74.8. The summed E-state index contributed by atoms with van der Waals surface area (Å²) in [5.74, 6) is -11.4. The summed E-state index contributed by atoms with van der Waals surface area (Å²) in [6.07, 6.45) is 3.15. The monoisotopic (exact) mass is 1790 g/mol. The minimum Gasteiger partial charge on any atom is -0.459 e. The van der Waals surface area contributed by atoms with Crippen LogP contribution in [0.1, 0.15) is 151 Å². The Balaban J connectivity index is 1.03. The molecule has 8 rings (SSSR count). The number of Topliss-reactive ketones (excluding diaryl/α,β-unsaturated/α-hetero) is 1. The molecule has 699 valence electrons. The van der Waals surface area contributed by atoms with Crippen molar-refractivity contribution in [1.82, 2.24) is 94.3 Å². The molecule has 2 fully saturated rings. The highest BCUT2D eigenvalue weighted by molar-refractivity contribution is 5.99. The first kappa shape index (κ1) is 102. The van der Waals surface area contributed by atoms with Gasteiger partial charge in [0.05, 0.1) is 70.3 Å². The minimum absolute atomic E-state index is 0.0156. The number of hydrogen-bond donors (Lipinski definition) is 11. The number of amides is 15. The molecule has 4 unspecified atom stereocenters. The van der Waals surface area contributed by atoms with Crippen molar-refractivity contribution in [3.8, 4) is 0 Å². The topological polar surface area (TPSA) is 477 Å². The second-order valence-corrected chi connectivity index (χ2v) is 32.6. The van der Waals surface area contributed by atoms with Crippen LogP contribution in [0.2, 0.25) is 0 Å². The molecule has 4 atom stereocenters. The third-order valence-electron chi connectivity index (χ3n) is 21.0. The van der Waals surface area contributed by atoms with Gasteiger partial charge in [0.1, 0.15) is 31.7 Å². The van der Waals surface area contributed by atoms with Gasteiger partial charge in [-0.15, -0.1) is 0 Å². The fourth-order valence-electron chi connectivity index (χ4n) is 14.1. The minimum atomic E-state index is -1.50. The Morgan fingerprint density at radius 2 is 0.900 bits per heavy atom. The molecule has 0 aliphatic carbocycles. The Hall–Kier alpha value is -13.1. The van der Waals surface area contributed by atoms with Crippen molar-refractivity contribution < 1.29 is 86.1 Å². The summed E-state index contributed by atoms with van der Waals surface area (Å²) < 4.78 is 16.2. The third kappa shape index (κ3) is 35.9. The van der Waals surface area contributed by atoms with Gasteiger partial charge in [-0.1, -0.05) is 187 Å². The highest BCUT2D eigenvalue weighted by Crippen LogP contribution is 2.22. The van der Waals surface area contributed by atoms with Crippen LogP contribution in [0, 0.1) is 11.8 Å². The lowest BCUT2D eigenvalue weighted by Gasteiger charge is -2.33. The van der Waals surface area contributed by atoms with E-state index >= 15 is 14.4 Å². The highest BCUT2D eigenvalue weighted by atomic mass is 16.5. The zero-order valence-corrected chi connectivity index (χ0v) is 74.8. The number of hydrazine groups is 5. The molecule has 2 aliphatic rings. The van der Waals surface area contributed by atoms with E-state index in [0.29, 0.717) is 128 Å². The molecule has 0 spiro atoms. The number of ether oxygens (including phenoxy) is 3. The van der Waals surface area contributed by atoms with Crippen molar-refractivity contribution in [2.24, 2.45) is 17.6 Å². The summed E-state index contributed by atoms with van der Waals surface area (Å²) in [6.45, 7) is 9.61. The van der Waals surface area contributed by atoms with E-state index in [1.165, 1.54) is 9.80 Å². The van der Waals surface area contributed by atoms with Crippen LogP contribution < -0.4 is 65.4 Å². The molecule has 15 amide bonds. The highest BCUT2D eigenvalue weighted by Gasteiger charge is 2.35. The molecule has 2 aliphatic heterocycles. The lowest BCUT2D eigenvalue weighted by molar-refractivity contribution is -0.148. The van der Waals surface area contributed by atoms with E-state index in [1.807, 2.05) is 44.7 Å². The van der Waals surface area contributed by atoms with Crippen molar-refractivity contribution in [1.29, 1.82) is 0 Å². The number of nitrogens with two attached hydrogens (primary N) is 1. The first-order chi connectivity index (χ1) is 62.5. The number of rotatable bonds is 48. The number of carbonyl (C=O) groups is 15. The van der Waals surface area contributed by atoms with Crippen LogP contribution in [-0.2, 0) is 101 Å². The van der Waals surface area contributed by atoms with Crippen LogP contribution in [0.15, 0.2) is 164 Å². The summed E-state index contributed by atoms with van der Waals surface area (Å²) in [5, 5.41) is 9.66. The predicted molar refractivity (Wildman–Crippen MR) is 481 cm³/mol. The number of hydrogen-bond acceptors (Lipinski definition) is 22. The first-order valence-electron chi connectivity index (χ1n) is 44.1. The molecular formula is C93H124N19O18. The van der Waals surface area contributed by atoms with E-state index in [2.05, 4.69) is 53.9 Å². The average molecular weight is 1800 g/mol. The maximum atomic E-state index is 15.4. The summed E-state index contributed by atoms with van der Waals surface area (Å²) in [6, 6.07) is 40.3. The second kappa shape index (κ2) is 54.3. The molecule has 37 nitrogen and oxygen atoms in total. The molecule has 0 bridgehead atoms. The van der Waals surface area contributed by atoms with E-state index in [4.69, 9.17) is 25.7 Å². The summed E-state index contributed by atoms with van der Waals surface area (Å²) in [4.78, 5) is 219. The SMILES string of the molecule is CCCCCC(Cc1ccccc1)C(=O)N(CC(=O)NN(CC(=O)NN(CC([NH])=O)C(=O)N(CCC(C)C)Cc1ccccc1)C(=O)N(CCCC)Cc1ccccc1)NC(=O)CNC(=O)C(Cc1cccc(C(=O)CN2CCOCC2)c1)NNC(=O)CNC(=O)C(Cc1cccc(C(=O)N2CCOCC2)c1)NNC(=O)CNC(=O)C(N)Cc1cccc(C(=O)OC(C)C)c1. The predicted octanol–water partition coefficient (Wildman–Crippen LogP) is 3.79. The van der Waals surface area contributed by atoms with Crippen LogP contribution in [0.4, 0.5) is 9.59 Å². The standard InChI is InChI=1S/C93H124N19O18/c1-7-9-14-33-74(48-66-24-15-11-16-25-66)90(124)110(62-84(118)105-112(92(126)108(38-10-8-2)58-67-26-17-12-18-27-67)63-85(119)104-111(61-80(95)114)93(127)109(39-37-64(3)4)59-68-28-19-13-20-29-68)103-83(117)57-98-88(122)77(53-70-31-21-34-72(49-70)79(113)60-106-40-44-128-45-41-106)99-102-82(116)56-97-87(121)78(54-71-32-22-35-73(50-71)89(123)107-42-46-129-47-43-107)100-101-81(115)55-96-86(120)76(94)52-69-30-23-36-75(51-69)91(125)130-65(5)6/h11-13,15-32,34-36,49-51,64-65,74,76-78,95,99-100H,7-10,14,33,37-48,52-63,94H2,1-6H3,(H,96,120)(H,97,121)(H,98,122)(H,101,115)(H,102,116)(H,103,117)(H,104,119)(H,105,118). The zero-order chi connectivity index (χ0) is 93.9. The van der Waals surface area contributed by atoms with E-state index in [1.54, 1.807) is 170 Å². The van der Waals surface area contributed by atoms with Crippen molar-refractivity contribution in [3.63, 3.8) is 0 Å². The Labute approximate surface area is 758 Å². The van der Waals surface area contributed by atoms with E-state index in [0.717, 1.165) is 22.6 Å². The number of esters is 1. The Morgan fingerprint density at radius 3 is 1.42 bits per heavy atom. The van der Waals surface area contributed by atoms with Gasteiger partial charge < -0.3 is 50.6 Å². The molecule has 0 saturated carbocycles. The van der Waals surface area contributed by atoms with Gasteiger partial charge in [-0.2, -0.15) is 0 Å². The van der Waals surface area contributed by atoms with Gasteiger partial charge in [-0.25, -0.2) is 40.3 Å².